The van der Waals surface area contributed by atoms with Gasteiger partial charge in [-0.25, -0.2) is 13.1 Å². The van der Waals surface area contributed by atoms with Gasteiger partial charge in [0.2, 0.25) is 10.0 Å². The van der Waals surface area contributed by atoms with E-state index >= 15 is 0 Å². The summed E-state index contributed by atoms with van der Waals surface area (Å²) in [5.41, 5.74) is 2.71. The van der Waals surface area contributed by atoms with E-state index < -0.39 is 10.0 Å². The van der Waals surface area contributed by atoms with Crippen molar-refractivity contribution in [2.75, 3.05) is 25.5 Å². The Morgan fingerprint density at radius 2 is 1.77 bits per heavy atom. The largest absolute Gasteiger partial charge is 0.495 e. The van der Waals surface area contributed by atoms with Gasteiger partial charge in [-0.3, -0.25) is 0 Å². The van der Waals surface area contributed by atoms with Crippen LogP contribution in [-0.2, 0) is 16.6 Å². The Labute approximate surface area is 183 Å². The zero-order valence-corrected chi connectivity index (χ0v) is 18.5. The second-order valence-corrected chi connectivity index (χ2v) is 9.59. The first kappa shape index (κ1) is 21.4. The van der Waals surface area contributed by atoms with E-state index in [9.17, 15) is 8.42 Å². The molecule has 0 radical (unpaired) electrons. The molecular weight excluding hydrogens is 412 g/mol. The predicted octanol–water partition coefficient (Wildman–Crippen LogP) is 4.06. The molecule has 7 nitrogen and oxygen atoms in total. The number of hydrogen-bond acceptors (Lipinski definition) is 5. The van der Waals surface area contributed by atoms with Crippen molar-refractivity contribution in [1.82, 2.24) is 14.1 Å². The average molecular weight is 441 g/mol. The number of benzene rings is 2. The van der Waals surface area contributed by atoms with E-state index in [0.717, 1.165) is 36.9 Å². The summed E-state index contributed by atoms with van der Waals surface area (Å²) in [7, 11) is -1.93. The molecule has 2 aromatic carbocycles. The summed E-state index contributed by atoms with van der Waals surface area (Å²) in [5, 5.41) is 7.57. The maximum Gasteiger partial charge on any atom is 0.243 e. The van der Waals surface area contributed by atoms with Crippen molar-refractivity contribution in [3.8, 4) is 11.4 Å². The lowest BCUT2D eigenvalue weighted by molar-refractivity contribution is 0.414. The highest BCUT2D eigenvalue weighted by molar-refractivity contribution is 7.89. The number of sulfonamides is 1. The second kappa shape index (κ2) is 9.53. The van der Waals surface area contributed by atoms with E-state index in [1.807, 2.05) is 36.5 Å². The molecule has 0 saturated carbocycles. The molecule has 4 rings (SSSR count). The molecule has 3 aromatic rings. The van der Waals surface area contributed by atoms with E-state index in [1.165, 1.54) is 0 Å². The van der Waals surface area contributed by atoms with E-state index in [4.69, 9.17) is 4.74 Å². The summed E-state index contributed by atoms with van der Waals surface area (Å²) in [5.74, 6) is 0.614. The van der Waals surface area contributed by atoms with E-state index in [2.05, 4.69) is 10.4 Å². The molecule has 1 N–H and O–H groups in total. The lowest BCUT2D eigenvalue weighted by atomic mass is 10.2. The average Bonchev–Trinajstić information content (AvgIpc) is 3.19. The third-order valence-electron chi connectivity index (χ3n) is 5.56. The molecule has 0 unspecified atom stereocenters. The van der Waals surface area contributed by atoms with E-state index in [1.54, 1.807) is 40.5 Å². The number of ether oxygens (including phenoxy) is 1. The molecule has 0 aliphatic carbocycles. The first-order valence-electron chi connectivity index (χ1n) is 10.6. The summed E-state index contributed by atoms with van der Waals surface area (Å²) in [4.78, 5) is 0.298. The van der Waals surface area contributed by atoms with Crippen LogP contribution in [0.5, 0.6) is 5.75 Å². The smallest absolute Gasteiger partial charge is 0.243 e. The second-order valence-electron chi connectivity index (χ2n) is 7.65. The van der Waals surface area contributed by atoms with Gasteiger partial charge < -0.3 is 10.1 Å². The number of rotatable bonds is 7. The summed E-state index contributed by atoms with van der Waals surface area (Å²) in [6.45, 7) is 1.71. The van der Waals surface area contributed by atoms with E-state index in [-0.39, 0.29) is 0 Å². The van der Waals surface area contributed by atoms with Gasteiger partial charge in [0.05, 0.1) is 23.4 Å². The Bertz CT molecular complexity index is 1090. The Hall–Kier alpha value is -2.84. The number of aromatic nitrogens is 2. The van der Waals surface area contributed by atoms with Crippen LogP contribution in [0.15, 0.2) is 65.8 Å². The van der Waals surface area contributed by atoms with Crippen LogP contribution in [0.25, 0.3) is 5.69 Å². The van der Waals surface area contributed by atoms with Crippen molar-refractivity contribution < 1.29 is 13.2 Å². The first-order valence-corrected chi connectivity index (χ1v) is 12.0. The molecule has 1 aliphatic heterocycles. The fourth-order valence-corrected chi connectivity index (χ4v) is 5.35. The molecule has 164 valence electrons. The van der Waals surface area contributed by atoms with Gasteiger partial charge in [-0.15, -0.1) is 0 Å². The van der Waals surface area contributed by atoms with E-state index in [0.29, 0.717) is 36.0 Å². The molecule has 1 fully saturated rings. The molecule has 1 aliphatic rings. The molecule has 1 saturated heterocycles. The van der Waals surface area contributed by atoms with Gasteiger partial charge >= 0.3 is 0 Å². The zero-order valence-electron chi connectivity index (χ0n) is 17.7. The van der Waals surface area contributed by atoms with Crippen LogP contribution in [0.2, 0.25) is 0 Å². The van der Waals surface area contributed by atoms with Gasteiger partial charge in [0.15, 0.2) is 0 Å². The van der Waals surface area contributed by atoms with Crippen molar-refractivity contribution in [2.24, 2.45) is 0 Å². The third-order valence-corrected chi connectivity index (χ3v) is 7.46. The summed E-state index contributed by atoms with van der Waals surface area (Å²) < 4.78 is 35.2. The monoisotopic (exact) mass is 440 g/mol. The molecule has 0 amide bonds. The predicted molar refractivity (Wildman–Crippen MR) is 121 cm³/mol. The van der Waals surface area contributed by atoms with Gasteiger partial charge in [-0.2, -0.15) is 9.40 Å². The van der Waals surface area contributed by atoms with Gasteiger partial charge in [0.25, 0.3) is 0 Å². The summed E-state index contributed by atoms with van der Waals surface area (Å²) in [6.07, 6.45) is 7.63. The Kier molecular flexibility index (Phi) is 6.58. The standard InChI is InChI=1S/C23H28N4O3S/c1-30-23-12-11-21(31(28,29)26-14-4-2-3-5-15-26)17-22(23)24-18-19-7-9-20(10-8-19)27-16-6-13-25-27/h6-13,16-17,24H,2-5,14-15,18H2,1H3. The minimum Gasteiger partial charge on any atom is -0.495 e. The number of hydrogen-bond donors (Lipinski definition) is 1. The topological polar surface area (TPSA) is 76.5 Å². The molecule has 31 heavy (non-hydrogen) atoms. The molecular formula is C23H28N4O3S. The highest BCUT2D eigenvalue weighted by Crippen LogP contribution is 2.30. The Morgan fingerprint density at radius 3 is 2.42 bits per heavy atom. The summed E-state index contributed by atoms with van der Waals surface area (Å²) in [6, 6.07) is 15.0. The zero-order chi connectivity index (χ0) is 21.7. The Balaban J connectivity index is 1.51. The van der Waals surface area contributed by atoms with Crippen LogP contribution in [0.3, 0.4) is 0 Å². The minimum absolute atomic E-state index is 0.298. The normalized spacial score (nSPS) is 15.4. The fraction of sp³-hybridized carbons (Fsp3) is 0.348. The van der Waals surface area contributed by atoms with Crippen molar-refractivity contribution in [1.29, 1.82) is 0 Å². The minimum atomic E-state index is -3.52. The first-order chi connectivity index (χ1) is 15.1. The molecule has 1 aromatic heterocycles. The van der Waals surface area contributed by atoms with Gasteiger partial charge in [-0.1, -0.05) is 25.0 Å². The number of nitrogens with zero attached hydrogens (tertiary/aromatic N) is 3. The molecule has 2 heterocycles. The maximum atomic E-state index is 13.2. The third kappa shape index (κ3) is 4.91. The van der Waals surface area contributed by atoms with Gasteiger partial charge in [0, 0.05) is 32.0 Å². The quantitative estimate of drug-likeness (QED) is 0.600. The van der Waals surface area contributed by atoms with Crippen molar-refractivity contribution in [3.05, 3.63) is 66.5 Å². The lowest BCUT2D eigenvalue weighted by Gasteiger charge is -2.21. The maximum absolute atomic E-state index is 13.2. The number of methoxy groups -OCH3 is 1. The molecule has 0 atom stereocenters. The van der Waals surface area contributed by atoms with Crippen LogP contribution in [0, 0.1) is 0 Å². The highest BCUT2D eigenvalue weighted by atomic mass is 32.2. The van der Waals surface area contributed by atoms with Crippen molar-refractivity contribution in [3.63, 3.8) is 0 Å². The van der Waals surface area contributed by atoms with Gasteiger partial charge in [-0.05, 0) is 54.8 Å². The van der Waals surface area contributed by atoms with Gasteiger partial charge in [0.1, 0.15) is 5.75 Å². The van der Waals surface area contributed by atoms with Crippen LogP contribution >= 0.6 is 0 Å². The molecule has 0 spiro atoms. The van der Waals surface area contributed by atoms with Crippen molar-refractivity contribution >= 4 is 15.7 Å². The Morgan fingerprint density at radius 1 is 1.03 bits per heavy atom. The number of anilines is 1. The van der Waals surface area contributed by atoms with Crippen LogP contribution in [0.1, 0.15) is 31.2 Å². The summed E-state index contributed by atoms with van der Waals surface area (Å²) >= 11 is 0. The molecule has 8 heteroatoms. The fourth-order valence-electron chi connectivity index (χ4n) is 3.80. The number of nitrogens with one attached hydrogen (secondary N) is 1. The van der Waals surface area contributed by atoms with Crippen LogP contribution < -0.4 is 10.1 Å². The van der Waals surface area contributed by atoms with Crippen LogP contribution in [-0.4, -0.2) is 42.7 Å². The van der Waals surface area contributed by atoms with Crippen LogP contribution in [0.4, 0.5) is 5.69 Å². The highest BCUT2D eigenvalue weighted by Gasteiger charge is 2.26. The van der Waals surface area contributed by atoms with Crippen molar-refractivity contribution in [2.45, 2.75) is 37.1 Å². The SMILES string of the molecule is COc1ccc(S(=O)(=O)N2CCCCCC2)cc1NCc1ccc(-n2cccn2)cc1. The molecule has 0 bridgehead atoms. The lowest BCUT2D eigenvalue weighted by Crippen LogP contribution is -2.32.